The van der Waals surface area contributed by atoms with E-state index in [0.29, 0.717) is 12.6 Å². The van der Waals surface area contributed by atoms with E-state index in [1.807, 2.05) is 11.8 Å². The lowest BCUT2D eigenvalue weighted by Crippen LogP contribution is -2.38. The van der Waals surface area contributed by atoms with E-state index in [2.05, 4.69) is 30.7 Å². The molecule has 1 amide bonds. The first-order valence-electron chi connectivity index (χ1n) is 5.19. The summed E-state index contributed by atoms with van der Waals surface area (Å²) in [5.41, 5.74) is 0. The first-order valence-corrected chi connectivity index (χ1v) is 6.59. The van der Waals surface area contributed by atoms with Crippen molar-refractivity contribution < 1.29 is 4.79 Å². The highest BCUT2D eigenvalue weighted by Gasteiger charge is 2.02. The van der Waals surface area contributed by atoms with Crippen molar-refractivity contribution in [2.24, 2.45) is 0 Å². The Hall–Kier alpha value is -0.220. The van der Waals surface area contributed by atoms with Crippen LogP contribution >= 0.6 is 11.8 Å². The molecule has 0 aliphatic heterocycles. The second-order valence-electron chi connectivity index (χ2n) is 3.39. The van der Waals surface area contributed by atoms with Gasteiger partial charge >= 0.3 is 0 Å². The molecule has 84 valence electrons. The van der Waals surface area contributed by atoms with E-state index in [9.17, 15) is 4.79 Å². The summed E-state index contributed by atoms with van der Waals surface area (Å²) in [5, 5.41) is 6.04. The van der Waals surface area contributed by atoms with Crippen molar-refractivity contribution in [3.05, 3.63) is 0 Å². The Labute approximate surface area is 91.4 Å². The highest BCUT2D eigenvalue weighted by atomic mass is 32.2. The van der Waals surface area contributed by atoms with Crippen LogP contribution in [0.25, 0.3) is 0 Å². The van der Waals surface area contributed by atoms with Crippen LogP contribution in [0, 0.1) is 0 Å². The van der Waals surface area contributed by atoms with Gasteiger partial charge in [-0.25, -0.2) is 0 Å². The summed E-state index contributed by atoms with van der Waals surface area (Å²) in [6.45, 7) is 5.42. The van der Waals surface area contributed by atoms with Crippen LogP contribution in [0.3, 0.4) is 0 Å². The maximum Gasteiger partial charge on any atom is 0.233 e. The molecule has 0 rings (SSSR count). The van der Waals surface area contributed by atoms with Crippen molar-refractivity contribution in [3.8, 4) is 0 Å². The van der Waals surface area contributed by atoms with E-state index in [1.165, 1.54) is 0 Å². The van der Waals surface area contributed by atoms with E-state index >= 15 is 0 Å². The van der Waals surface area contributed by atoms with Crippen LogP contribution in [-0.2, 0) is 4.79 Å². The molecule has 0 radical (unpaired) electrons. The fraction of sp³-hybridized carbons (Fsp3) is 0.900. The third-order valence-corrected chi connectivity index (χ3v) is 2.77. The molecular weight excluding hydrogens is 196 g/mol. The maximum absolute atomic E-state index is 11.2. The van der Waals surface area contributed by atoms with Gasteiger partial charge in [-0.3, -0.25) is 4.79 Å². The summed E-state index contributed by atoms with van der Waals surface area (Å²) in [6.07, 6.45) is 4.18. The molecule has 1 atom stereocenters. The van der Waals surface area contributed by atoms with Gasteiger partial charge in [-0.05, 0) is 31.8 Å². The van der Waals surface area contributed by atoms with E-state index < -0.39 is 0 Å². The molecule has 0 aliphatic carbocycles. The first kappa shape index (κ1) is 13.8. The molecule has 0 spiro atoms. The molecule has 1 unspecified atom stereocenters. The standard InChI is InChI=1S/C10H22N2OS/c1-4-9(2)12-8-10(13)11-6-5-7-14-3/h9,12H,4-8H2,1-3H3,(H,11,13). The van der Waals surface area contributed by atoms with Crippen LogP contribution in [-0.4, -0.2) is 37.0 Å². The van der Waals surface area contributed by atoms with Gasteiger partial charge in [-0.1, -0.05) is 6.92 Å². The monoisotopic (exact) mass is 218 g/mol. The van der Waals surface area contributed by atoms with Crippen LogP contribution in [0.15, 0.2) is 0 Å². The Kier molecular flexibility index (Phi) is 9.19. The Morgan fingerprint density at radius 2 is 2.21 bits per heavy atom. The lowest BCUT2D eigenvalue weighted by Gasteiger charge is -2.10. The van der Waals surface area contributed by atoms with Crippen molar-refractivity contribution in [1.29, 1.82) is 0 Å². The highest BCUT2D eigenvalue weighted by molar-refractivity contribution is 7.98. The number of hydrogen-bond acceptors (Lipinski definition) is 3. The van der Waals surface area contributed by atoms with Crippen LogP contribution in [0.4, 0.5) is 0 Å². The maximum atomic E-state index is 11.2. The molecule has 14 heavy (non-hydrogen) atoms. The average molecular weight is 218 g/mol. The van der Waals surface area contributed by atoms with E-state index in [0.717, 1.165) is 25.1 Å². The quantitative estimate of drug-likeness (QED) is 0.602. The fourth-order valence-electron chi connectivity index (χ4n) is 0.918. The molecule has 2 N–H and O–H groups in total. The smallest absolute Gasteiger partial charge is 0.233 e. The van der Waals surface area contributed by atoms with Crippen molar-refractivity contribution in [2.75, 3.05) is 25.1 Å². The van der Waals surface area contributed by atoms with Gasteiger partial charge in [0.25, 0.3) is 0 Å². The average Bonchev–Trinajstić information content (AvgIpc) is 2.21. The highest BCUT2D eigenvalue weighted by Crippen LogP contribution is 1.93. The van der Waals surface area contributed by atoms with Gasteiger partial charge in [0, 0.05) is 12.6 Å². The summed E-state index contributed by atoms with van der Waals surface area (Å²) in [4.78, 5) is 11.2. The summed E-state index contributed by atoms with van der Waals surface area (Å²) in [7, 11) is 0. The third-order valence-electron chi connectivity index (χ3n) is 2.07. The summed E-state index contributed by atoms with van der Waals surface area (Å²) >= 11 is 1.81. The lowest BCUT2D eigenvalue weighted by atomic mass is 10.2. The van der Waals surface area contributed by atoms with Gasteiger partial charge in [0.15, 0.2) is 0 Å². The van der Waals surface area contributed by atoms with Gasteiger partial charge in [0.05, 0.1) is 6.54 Å². The van der Waals surface area contributed by atoms with E-state index in [4.69, 9.17) is 0 Å². The lowest BCUT2D eigenvalue weighted by molar-refractivity contribution is -0.120. The molecular formula is C10H22N2OS. The van der Waals surface area contributed by atoms with Gasteiger partial charge in [-0.2, -0.15) is 11.8 Å². The van der Waals surface area contributed by atoms with E-state index in [1.54, 1.807) is 0 Å². The largest absolute Gasteiger partial charge is 0.355 e. The summed E-state index contributed by atoms with van der Waals surface area (Å²) < 4.78 is 0. The Balaban J connectivity index is 3.28. The van der Waals surface area contributed by atoms with Gasteiger partial charge < -0.3 is 10.6 Å². The van der Waals surface area contributed by atoms with Gasteiger partial charge in [0.2, 0.25) is 5.91 Å². The number of carbonyl (C=O) groups excluding carboxylic acids is 1. The Bertz CT molecular complexity index is 153. The zero-order valence-corrected chi connectivity index (χ0v) is 10.2. The second kappa shape index (κ2) is 9.34. The number of rotatable bonds is 8. The molecule has 0 aromatic carbocycles. The van der Waals surface area contributed by atoms with Crippen LogP contribution in [0.1, 0.15) is 26.7 Å². The number of hydrogen-bond donors (Lipinski definition) is 2. The molecule has 0 fully saturated rings. The molecule has 0 aromatic heterocycles. The molecule has 0 aromatic rings. The minimum atomic E-state index is 0.103. The summed E-state index contributed by atoms with van der Waals surface area (Å²) in [5.74, 6) is 1.21. The number of amides is 1. The van der Waals surface area contributed by atoms with Gasteiger partial charge in [-0.15, -0.1) is 0 Å². The van der Waals surface area contributed by atoms with Crippen molar-refractivity contribution in [2.45, 2.75) is 32.7 Å². The summed E-state index contributed by atoms with van der Waals surface area (Å²) in [6, 6.07) is 0.423. The number of thioether (sulfide) groups is 1. The van der Waals surface area contributed by atoms with Crippen molar-refractivity contribution in [3.63, 3.8) is 0 Å². The van der Waals surface area contributed by atoms with Crippen LogP contribution in [0.5, 0.6) is 0 Å². The molecule has 3 nitrogen and oxygen atoms in total. The third kappa shape index (κ3) is 8.38. The molecule has 0 aliphatic rings. The minimum Gasteiger partial charge on any atom is -0.355 e. The SMILES string of the molecule is CCC(C)NCC(=O)NCCCSC. The fourth-order valence-corrected chi connectivity index (χ4v) is 1.35. The van der Waals surface area contributed by atoms with Crippen LogP contribution in [0.2, 0.25) is 0 Å². The number of nitrogens with one attached hydrogen (secondary N) is 2. The zero-order valence-electron chi connectivity index (χ0n) is 9.43. The second-order valence-corrected chi connectivity index (χ2v) is 4.37. The predicted octanol–water partition coefficient (Wildman–Crippen LogP) is 1.24. The van der Waals surface area contributed by atoms with Crippen molar-refractivity contribution >= 4 is 17.7 Å². The Morgan fingerprint density at radius 3 is 2.79 bits per heavy atom. The molecule has 4 heteroatoms. The zero-order chi connectivity index (χ0) is 10.8. The minimum absolute atomic E-state index is 0.103. The molecule has 0 saturated carbocycles. The van der Waals surface area contributed by atoms with Crippen LogP contribution < -0.4 is 10.6 Å². The van der Waals surface area contributed by atoms with E-state index in [-0.39, 0.29) is 5.91 Å². The molecule has 0 heterocycles. The molecule has 0 saturated heterocycles. The number of carbonyl (C=O) groups is 1. The topological polar surface area (TPSA) is 41.1 Å². The van der Waals surface area contributed by atoms with Crippen molar-refractivity contribution in [1.82, 2.24) is 10.6 Å². The first-order chi connectivity index (χ1) is 6.70. The Morgan fingerprint density at radius 1 is 1.50 bits per heavy atom. The van der Waals surface area contributed by atoms with Gasteiger partial charge in [0.1, 0.15) is 0 Å². The molecule has 0 bridgehead atoms. The normalized spacial score (nSPS) is 12.5. The predicted molar refractivity (Wildman–Crippen MR) is 63.8 cm³/mol.